The van der Waals surface area contributed by atoms with Crippen LogP contribution in [-0.2, 0) is 4.79 Å². The van der Waals surface area contributed by atoms with Gasteiger partial charge in [-0.25, -0.2) is 4.98 Å². The lowest BCUT2D eigenvalue weighted by molar-refractivity contribution is -0.117. The molecule has 1 aromatic carbocycles. The Morgan fingerprint density at radius 2 is 2.26 bits per heavy atom. The second kappa shape index (κ2) is 4.68. The predicted octanol–water partition coefficient (Wildman–Crippen LogP) is 1.59. The van der Waals surface area contributed by atoms with Crippen LogP contribution in [-0.4, -0.2) is 28.0 Å². The number of para-hydroxylation sites is 1. The Hall–Kier alpha value is -1.85. The van der Waals surface area contributed by atoms with Gasteiger partial charge in [-0.2, -0.15) is 0 Å². The molecule has 19 heavy (non-hydrogen) atoms. The second-order valence-electron chi connectivity index (χ2n) is 4.55. The Balaban J connectivity index is 2.12. The van der Waals surface area contributed by atoms with Crippen molar-refractivity contribution >= 4 is 23.2 Å². The van der Waals surface area contributed by atoms with Crippen LogP contribution in [0.4, 0.5) is 5.69 Å². The third-order valence-electron chi connectivity index (χ3n) is 3.17. The van der Waals surface area contributed by atoms with Gasteiger partial charge in [-0.1, -0.05) is 17.7 Å². The topological polar surface area (TPSA) is 64.2 Å². The van der Waals surface area contributed by atoms with E-state index in [-0.39, 0.29) is 11.9 Å². The van der Waals surface area contributed by atoms with Crippen LogP contribution in [0, 0.1) is 0 Å². The summed E-state index contributed by atoms with van der Waals surface area (Å²) in [6.07, 6.45) is 5.50. The number of hydrogen-bond acceptors (Lipinski definition) is 3. The first-order chi connectivity index (χ1) is 9.16. The number of halogens is 1. The summed E-state index contributed by atoms with van der Waals surface area (Å²) in [5.74, 6) is 0.0242. The van der Waals surface area contributed by atoms with Gasteiger partial charge in [0, 0.05) is 31.4 Å². The monoisotopic (exact) mass is 276 g/mol. The molecule has 3 rings (SSSR count). The quantitative estimate of drug-likeness (QED) is 0.906. The summed E-state index contributed by atoms with van der Waals surface area (Å²) >= 11 is 6.27. The van der Waals surface area contributed by atoms with Crippen molar-refractivity contribution in [2.45, 2.75) is 12.5 Å². The summed E-state index contributed by atoms with van der Waals surface area (Å²) < 4.78 is 1.80. The van der Waals surface area contributed by atoms with Crippen molar-refractivity contribution in [2.75, 3.05) is 11.4 Å². The summed E-state index contributed by atoms with van der Waals surface area (Å²) in [4.78, 5) is 17.7. The predicted molar refractivity (Wildman–Crippen MR) is 73.5 cm³/mol. The van der Waals surface area contributed by atoms with Crippen LogP contribution in [0.5, 0.6) is 0 Å². The molecule has 1 aliphatic rings. The van der Waals surface area contributed by atoms with Crippen molar-refractivity contribution in [3.05, 3.63) is 41.9 Å². The lowest BCUT2D eigenvalue weighted by Gasteiger charge is -2.21. The number of nitrogens with two attached hydrogens (primary N) is 1. The molecule has 0 saturated carbocycles. The van der Waals surface area contributed by atoms with Gasteiger partial charge >= 0.3 is 0 Å². The Labute approximate surface area is 115 Å². The van der Waals surface area contributed by atoms with E-state index in [2.05, 4.69) is 4.98 Å². The lowest BCUT2D eigenvalue weighted by Crippen LogP contribution is -2.28. The maximum absolute atomic E-state index is 12.0. The molecule has 1 fully saturated rings. The second-order valence-corrected chi connectivity index (χ2v) is 4.95. The smallest absolute Gasteiger partial charge is 0.228 e. The van der Waals surface area contributed by atoms with Gasteiger partial charge in [0.1, 0.15) is 0 Å². The van der Waals surface area contributed by atoms with Crippen molar-refractivity contribution in [3.8, 4) is 5.69 Å². The molecule has 1 aliphatic heterocycles. The van der Waals surface area contributed by atoms with Crippen molar-refractivity contribution < 1.29 is 4.79 Å². The zero-order valence-electron chi connectivity index (χ0n) is 10.2. The fraction of sp³-hybridized carbons (Fsp3) is 0.231. The first-order valence-electron chi connectivity index (χ1n) is 5.99. The summed E-state index contributed by atoms with van der Waals surface area (Å²) in [5.41, 5.74) is 7.37. The third kappa shape index (κ3) is 2.11. The SMILES string of the molecule is NC1CC(=O)N(c2cccc(Cl)c2-n2ccnc2)C1. The molecule has 2 heterocycles. The normalized spacial score (nSPS) is 19.2. The molecule has 0 aliphatic carbocycles. The zero-order valence-corrected chi connectivity index (χ0v) is 10.9. The number of imidazole rings is 1. The van der Waals surface area contributed by atoms with Crippen LogP contribution in [0.1, 0.15) is 6.42 Å². The average Bonchev–Trinajstić information content (AvgIpc) is 2.98. The number of amides is 1. The maximum Gasteiger partial charge on any atom is 0.228 e. The maximum atomic E-state index is 12.0. The van der Waals surface area contributed by atoms with Gasteiger partial charge in [-0.3, -0.25) is 4.79 Å². The van der Waals surface area contributed by atoms with Crippen molar-refractivity contribution in [2.24, 2.45) is 5.73 Å². The fourth-order valence-electron chi connectivity index (χ4n) is 2.34. The fourth-order valence-corrected chi connectivity index (χ4v) is 2.60. The zero-order chi connectivity index (χ0) is 13.4. The van der Waals surface area contributed by atoms with Crippen LogP contribution in [0.15, 0.2) is 36.9 Å². The van der Waals surface area contributed by atoms with E-state index in [1.165, 1.54) is 0 Å². The van der Waals surface area contributed by atoms with Crippen molar-refractivity contribution in [1.29, 1.82) is 0 Å². The van der Waals surface area contributed by atoms with Crippen LogP contribution in [0.25, 0.3) is 5.69 Å². The molecule has 1 atom stereocenters. The van der Waals surface area contributed by atoms with Gasteiger partial charge in [0.05, 0.1) is 22.7 Å². The highest BCUT2D eigenvalue weighted by Gasteiger charge is 2.30. The number of hydrogen-bond donors (Lipinski definition) is 1. The van der Waals surface area contributed by atoms with Crippen LogP contribution in [0.3, 0.4) is 0 Å². The minimum Gasteiger partial charge on any atom is -0.326 e. The first-order valence-corrected chi connectivity index (χ1v) is 6.37. The number of carbonyl (C=O) groups excluding carboxylic acids is 1. The number of anilines is 1. The van der Waals surface area contributed by atoms with Gasteiger partial charge in [-0.05, 0) is 12.1 Å². The van der Waals surface area contributed by atoms with Crippen molar-refractivity contribution in [1.82, 2.24) is 9.55 Å². The molecule has 1 amide bonds. The average molecular weight is 277 g/mol. The van der Waals surface area contributed by atoms with E-state index in [9.17, 15) is 4.79 Å². The Morgan fingerprint density at radius 1 is 1.42 bits per heavy atom. The van der Waals surface area contributed by atoms with Gasteiger partial charge in [-0.15, -0.1) is 0 Å². The van der Waals surface area contributed by atoms with Gasteiger partial charge in [0.2, 0.25) is 5.91 Å². The Kier molecular flexibility index (Phi) is 3.00. The van der Waals surface area contributed by atoms with Gasteiger partial charge in [0.25, 0.3) is 0 Å². The molecule has 1 unspecified atom stereocenters. The standard InChI is InChI=1S/C13H13ClN4O/c14-10-2-1-3-11(13(10)17-5-4-16-8-17)18-7-9(15)6-12(18)19/h1-5,8-9H,6-7,15H2. The number of benzene rings is 1. The molecule has 1 saturated heterocycles. The van der Waals surface area contributed by atoms with Crippen LogP contribution in [0.2, 0.25) is 5.02 Å². The summed E-state index contributed by atoms with van der Waals surface area (Å²) in [6.45, 7) is 0.515. The van der Waals surface area contributed by atoms with E-state index in [1.54, 1.807) is 34.3 Å². The highest BCUT2D eigenvalue weighted by molar-refractivity contribution is 6.33. The number of rotatable bonds is 2. The highest BCUT2D eigenvalue weighted by Crippen LogP contribution is 2.33. The van der Waals surface area contributed by atoms with E-state index in [1.807, 2.05) is 12.1 Å². The molecule has 98 valence electrons. The van der Waals surface area contributed by atoms with Gasteiger partial charge in [0.15, 0.2) is 0 Å². The van der Waals surface area contributed by atoms with Gasteiger partial charge < -0.3 is 15.2 Å². The molecule has 0 spiro atoms. The minimum atomic E-state index is -0.123. The lowest BCUT2D eigenvalue weighted by atomic mass is 10.2. The van der Waals surface area contributed by atoms with E-state index in [4.69, 9.17) is 17.3 Å². The minimum absolute atomic E-state index is 0.0242. The number of nitrogens with zero attached hydrogens (tertiary/aromatic N) is 3. The molecule has 0 radical (unpaired) electrons. The summed E-state index contributed by atoms with van der Waals surface area (Å²) in [7, 11) is 0. The molecule has 2 N–H and O–H groups in total. The van der Waals surface area contributed by atoms with E-state index in [0.717, 1.165) is 11.4 Å². The van der Waals surface area contributed by atoms with Crippen LogP contribution < -0.4 is 10.6 Å². The molecule has 2 aromatic rings. The summed E-state index contributed by atoms with van der Waals surface area (Å²) in [5, 5.41) is 0.573. The first kappa shape index (κ1) is 12.2. The molecule has 6 heteroatoms. The number of carbonyl (C=O) groups is 1. The van der Waals surface area contributed by atoms with E-state index < -0.39 is 0 Å². The highest BCUT2D eigenvalue weighted by atomic mass is 35.5. The van der Waals surface area contributed by atoms with Crippen LogP contribution >= 0.6 is 11.6 Å². The van der Waals surface area contributed by atoms with E-state index >= 15 is 0 Å². The largest absolute Gasteiger partial charge is 0.326 e. The summed E-state index contributed by atoms with van der Waals surface area (Å²) in [6, 6.07) is 5.37. The molecular weight excluding hydrogens is 264 g/mol. The molecule has 5 nitrogen and oxygen atoms in total. The Morgan fingerprint density at radius 3 is 2.89 bits per heavy atom. The van der Waals surface area contributed by atoms with Crippen molar-refractivity contribution in [3.63, 3.8) is 0 Å². The third-order valence-corrected chi connectivity index (χ3v) is 3.48. The Bertz CT molecular complexity index is 611. The molecule has 0 bridgehead atoms. The van der Waals surface area contributed by atoms with E-state index in [0.29, 0.717) is 18.0 Å². The molecule has 1 aromatic heterocycles. The number of aromatic nitrogens is 2. The molecular formula is C13H13ClN4O.